The molecule has 8 nitrogen and oxygen atoms in total. The molecule has 2 N–H and O–H groups in total. The first-order valence-corrected chi connectivity index (χ1v) is 11.6. The van der Waals surface area contributed by atoms with Gasteiger partial charge in [-0.25, -0.2) is 24.3 Å². The SMILES string of the molecule is Cc1nc(NCCc2c(C)[nH]c3c(F)ccc(C)c23)cc(N2CCN(c3ncccn3)CC2)n1. The van der Waals surface area contributed by atoms with Crippen LogP contribution in [0.25, 0.3) is 10.9 Å². The van der Waals surface area contributed by atoms with Crippen molar-refractivity contribution in [3.05, 3.63) is 65.1 Å². The van der Waals surface area contributed by atoms with Crippen molar-refractivity contribution in [1.29, 1.82) is 0 Å². The molecule has 5 rings (SSSR count). The van der Waals surface area contributed by atoms with Gasteiger partial charge in [-0.3, -0.25) is 0 Å². The van der Waals surface area contributed by atoms with Crippen molar-refractivity contribution in [2.75, 3.05) is 47.8 Å². The Labute approximate surface area is 198 Å². The highest BCUT2D eigenvalue weighted by atomic mass is 19.1. The summed E-state index contributed by atoms with van der Waals surface area (Å²) < 4.78 is 14.3. The van der Waals surface area contributed by atoms with Crippen molar-refractivity contribution < 1.29 is 4.39 Å². The summed E-state index contributed by atoms with van der Waals surface area (Å²) in [5.41, 5.74) is 3.82. The molecule has 3 aromatic heterocycles. The number of aryl methyl sites for hydroxylation is 3. The maximum Gasteiger partial charge on any atom is 0.225 e. The smallest absolute Gasteiger partial charge is 0.225 e. The van der Waals surface area contributed by atoms with Gasteiger partial charge in [0.25, 0.3) is 0 Å². The molecular weight excluding hydrogens is 431 g/mol. The van der Waals surface area contributed by atoms with Crippen molar-refractivity contribution in [1.82, 2.24) is 24.9 Å². The highest BCUT2D eigenvalue weighted by molar-refractivity contribution is 5.88. The van der Waals surface area contributed by atoms with Crippen LogP contribution in [0.1, 0.15) is 22.6 Å². The first-order chi connectivity index (χ1) is 16.5. The molecule has 0 radical (unpaired) electrons. The lowest BCUT2D eigenvalue weighted by atomic mass is 10.0. The summed E-state index contributed by atoms with van der Waals surface area (Å²) in [5.74, 6) is 3.01. The molecule has 4 aromatic rings. The predicted molar refractivity (Wildman–Crippen MR) is 133 cm³/mol. The second-order valence-corrected chi connectivity index (χ2v) is 8.70. The number of fused-ring (bicyclic) bond motifs is 1. The summed E-state index contributed by atoms with van der Waals surface area (Å²) in [6.45, 7) is 9.99. The van der Waals surface area contributed by atoms with E-state index in [4.69, 9.17) is 0 Å². The van der Waals surface area contributed by atoms with Crippen LogP contribution in [-0.4, -0.2) is 57.6 Å². The molecule has 176 valence electrons. The Hall–Kier alpha value is -3.75. The van der Waals surface area contributed by atoms with Crippen molar-refractivity contribution in [2.45, 2.75) is 27.2 Å². The van der Waals surface area contributed by atoms with E-state index in [1.54, 1.807) is 12.4 Å². The number of H-pyrrole nitrogens is 1. The van der Waals surface area contributed by atoms with Gasteiger partial charge in [0.05, 0.1) is 5.52 Å². The lowest BCUT2D eigenvalue weighted by Gasteiger charge is -2.35. The van der Waals surface area contributed by atoms with Gasteiger partial charge in [0, 0.05) is 62.3 Å². The Balaban J connectivity index is 1.25. The zero-order valence-electron chi connectivity index (χ0n) is 19.8. The van der Waals surface area contributed by atoms with Crippen molar-refractivity contribution in [3.63, 3.8) is 0 Å². The fourth-order valence-corrected chi connectivity index (χ4v) is 4.67. The zero-order valence-corrected chi connectivity index (χ0v) is 19.8. The number of halogens is 1. The third-order valence-electron chi connectivity index (χ3n) is 6.37. The van der Waals surface area contributed by atoms with Gasteiger partial charge in [0.1, 0.15) is 23.3 Å². The topological polar surface area (TPSA) is 85.9 Å². The number of nitrogens with one attached hydrogen (secondary N) is 2. The maximum absolute atomic E-state index is 14.3. The lowest BCUT2D eigenvalue weighted by molar-refractivity contribution is 0.633. The number of rotatable bonds is 6. The first kappa shape index (κ1) is 22.1. The number of nitrogens with zero attached hydrogens (tertiary/aromatic N) is 6. The molecule has 0 unspecified atom stereocenters. The minimum atomic E-state index is -0.210. The first-order valence-electron chi connectivity index (χ1n) is 11.6. The molecular formula is C25H29FN8. The molecule has 0 bridgehead atoms. The van der Waals surface area contributed by atoms with E-state index >= 15 is 0 Å². The molecule has 0 saturated carbocycles. The fourth-order valence-electron chi connectivity index (χ4n) is 4.67. The Morgan fingerprint density at radius 1 is 1.00 bits per heavy atom. The maximum atomic E-state index is 14.3. The van der Waals surface area contributed by atoms with Crippen LogP contribution in [0.3, 0.4) is 0 Å². The molecule has 1 aromatic carbocycles. The second-order valence-electron chi connectivity index (χ2n) is 8.70. The van der Waals surface area contributed by atoms with Crippen LogP contribution in [-0.2, 0) is 6.42 Å². The third kappa shape index (κ3) is 4.37. The van der Waals surface area contributed by atoms with Crippen LogP contribution in [0.15, 0.2) is 36.7 Å². The largest absolute Gasteiger partial charge is 0.370 e. The van der Waals surface area contributed by atoms with Gasteiger partial charge < -0.3 is 20.1 Å². The van der Waals surface area contributed by atoms with E-state index in [0.717, 1.165) is 78.2 Å². The quantitative estimate of drug-likeness (QED) is 0.453. The standard InChI is InChI=1S/C25H29FN8/c1-16-5-6-20(26)24-23(16)19(17(2)30-24)7-10-27-21-15-22(32-18(3)31-21)33-11-13-34(14-12-33)25-28-8-4-9-29-25/h4-6,8-9,15,30H,7,10-14H2,1-3H3,(H,27,31,32). The summed E-state index contributed by atoms with van der Waals surface area (Å²) >= 11 is 0. The summed E-state index contributed by atoms with van der Waals surface area (Å²) in [6, 6.07) is 7.20. The van der Waals surface area contributed by atoms with Crippen LogP contribution in [0.5, 0.6) is 0 Å². The van der Waals surface area contributed by atoms with Gasteiger partial charge in [0.15, 0.2) is 0 Å². The Kier molecular flexibility index (Phi) is 6.00. The Bertz CT molecular complexity index is 1300. The molecule has 0 amide bonds. The van der Waals surface area contributed by atoms with Crippen molar-refractivity contribution in [3.8, 4) is 0 Å². The molecule has 1 aliphatic rings. The molecule has 1 fully saturated rings. The molecule has 4 heterocycles. The molecule has 1 aliphatic heterocycles. The van der Waals surface area contributed by atoms with Gasteiger partial charge in [-0.15, -0.1) is 0 Å². The summed E-state index contributed by atoms with van der Waals surface area (Å²) in [5, 5.41) is 4.43. The zero-order chi connectivity index (χ0) is 23.7. The molecule has 0 aliphatic carbocycles. The van der Waals surface area contributed by atoms with Crippen LogP contribution in [0.4, 0.5) is 22.0 Å². The number of aromatic nitrogens is 5. The van der Waals surface area contributed by atoms with Gasteiger partial charge in [-0.2, -0.15) is 0 Å². The predicted octanol–water partition coefficient (Wildman–Crippen LogP) is 3.79. The van der Waals surface area contributed by atoms with E-state index in [1.807, 2.05) is 39.0 Å². The summed E-state index contributed by atoms with van der Waals surface area (Å²) in [4.78, 5) is 25.6. The van der Waals surface area contributed by atoms with Gasteiger partial charge in [-0.05, 0) is 50.5 Å². The third-order valence-corrected chi connectivity index (χ3v) is 6.37. The van der Waals surface area contributed by atoms with Crippen LogP contribution in [0, 0.1) is 26.6 Å². The summed E-state index contributed by atoms with van der Waals surface area (Å²) in [7, 11) is 0. The number of piperazine rings is 1. The normalized spacial score (nSPS) is 14.1. The van der Waals surface area contributed by atoms with E-state index in [2.05, 4.69) is 40.0 Å². The minimum Gasteiger partial charge on any atom is -0.370 e. The average molecular weight is 461 g/mol. The van der Waals surface area contributed by atoms with Crippen LogP contribution >= 0.6 is 0 Å². The molecule has 34 heavy (non-hydrogen) atoms. The fraction of sp³-hybridized carbons (Fsp3) is 0.360. The van der Waals surface area contributed by atoms with Gasteiger partial charge >= 0.3 is 0 Å². The number of hydrogen-bond donors (Lipinski definition) is 2. The monoisotopic (exact) mass is 460 g/mol. The second kappa shape index (κ2) is 9.24. The lowest BCUT2D eigenvalue weighted by Crippen LogP contribution is -2.47. The van der Waals surface area contributed by atoms with Gasteiger partial charge in [0.2, 0.25) is 5.95 Å². The van der Waals surface area contributed by atoms with E-state index < -0.39 is 0 Å². The number of anilines is 3. The summed E-state index contributed by atoms with van der Waals surface area (Å²) in [6.07, 6.45) is 4.32. The highest BCUT2D eigenvalue weighted by Gasteiger charge is 2.21. The van der Waals surface area contributed by atoms with Crippen molar-refractivity contribution in [2.24, 2.45) is 0 Å². The number of aromatic amines is 1. The van der Waals surface area contributed by atoms with E-state index in [0.29, 0.717) is 12.1 Å². The average Bonchev–Trinajstić information content (AvgIpc) is 3.19. The Morgan fingerprint density at radius 2 is 1.74 bits per heavy atom. The minimum absolute atomic E-state index is 0.210. The van der Waals surface area contributed by atoms with Crippen LogP contribution < -0.4 is 15.1 Å². The number of hydrogen-bond acceptors (Lipinski definition) is 7. The van der Waals surface area contributed by atoms with E-state index in [-0.39, 0.29) is 5.82 Å². The van der Waals surface area contributed by atoms with Crippen molar-refractivity contribution >= 4 is 28.5 Å². The molecule has 9 heteroatoms. The molecule has 1 saturated heterocycles. The highest BCUT2D eigenvalue weighted by Crippen LogP contribution is 2.28. The molecule has 0 spiro atoms. The van der Waals surface area contributed by atoms with Gasteiger partial charge in [-0.1, -0.05) is 6.07 Å². The van der Waals surface area contributed by atoms with E-state index in [1.165, 1.54) is 6.07 Å². The Morgan fingerprint density at radius 3 is 2.50 bits per heavy atom. The van der Waals surface area contributed by atoms with Crippen LogP contribution in [0.2, 0.25) is 0 Å². The number of benzene rings is 1. The van der Waals surface area contributed by atoms with E-state index in [9.17, 15) is 4.39 Å². The molecule has 0 atom stereocenters.